The van der Waals surface area contributed by atoms with Crippen LogP contribution in [0.5, 0.6) is 11.5 Å². The molecule has 0 saturated carbocycles. The molecule has 1 N–H and O–H groups in total. The Bertz CT molecular complexity index is 945. The molecule has 28 heavy (non-hydrogen) atoms. The second-order valence-corrected chi connectivity index (χ2v) is 6.80. The van der Waals surface area contributed by atoms with E-state index in [1.807, 2.05) is 66.7 Å². The molecule has 142 valence electrons. The largest absolute Gasteiger partial charge is 0.489 e. The first-order valence-corrected chi connectivity index (χ1v) is 9.45. The summed E-state index contributed by atoms with van der Waals surface area (Å²) < 4.78 is 12.2. The fraction of sp³-hybridized carbons (Fsp3) is 0.0909. The highest BCUT2D eigenvalue weighted by molar-refractivity contribution is 9.10. The van der Waals surface area contributed by atoms with Crippen molar-refractivity contribution in [2.24, 2.45) is 5.10 Å². The van der Waals surface area contributed by atoms with E-state index in [0.29, 0.717) is 12.4 Å². The highest BCUT2D eigenvalue weighted by Gasteiger charge is 2.01. The summed E-state index contributed by atoms with van der Waals surface area (Å²) in [5.74, 6) is 1.03. The van der Waals surface area contributed by atoms with Crippen molar-refractivity contribution in [3.63, 3.8) is 0 Å². The maximum absolute atomic E-state index is 11.8. The number of halogens is 1. The Morgan fingerprint density at radius 2 is 1.71 bits per heavy atom. The number of ether oxygens (including phenoxy) is 2. The standard InChI is InChI=1S/C22H19BrN2O3/c23-19-8-4-7-18(12-19)15-27-21-11-5-6-17(13-21)14-24-25-22(26)16-28-20-9-2-1-3-10-20/h1-14H,15-16H2,(H,25,26)/b24-14+. The SMILES string of the molecule is O=C(COc1ccccc1)N/N=C/c1cccc(OCc2cccc(Br)c2)c1. The van der Waals surface area contributed by atoms with Gasteiger partial charge in [-0.15, -0.1) is 0 Å². The number of hydrogen-bond donors (Lipinski definition) is 1. The molecule has 0 radical (unpaired) electrons. The van der Waals surface area contributed by atoms with Gasteiger partial charge in [-0.05, 0) is 47.5 Å². The number of nitrogens with zero attached hydrogens (tertiary/aromatic N) is 1. The second kappa shape index (κ2) is 10.3. The van der Waals surface area contributed by atoms with Gasteiger partial charge in [-0.3, -0.25) is 4.79 Å². The van der Waals surface area contributed by atoms with E-state index in [1.165, 1.54) is 0 Å². The van der Waals surface area contributed by atoms with Crippen molar-refractivity contribution < 1.29 is 14.3 Å². The predicted octanol–water partition coefficient (Wildman–Crippen LogP) is 4.56. The molecule has 1 amide bonds. The molecule has 5 nitrogen and oxygen atoms in total. The minimum atomic E-state index is -0.331. The molecular formula is C22H19BrN2O3. The van der Waals surface area contributed by atoms with E-state index < -0.39 is 0 Å². The zero-order valence-corrected chi connectivity index (χ0v) is 16.6. The zero-order chi connectivity index (χ0) is 19.6. The van der Waals surface area contributed by atoms with E-state index in [1.54, 1.807) is 18.3 Å². The Hall–Kier alpha value is -3.12. The minimum absolute atomic E-state index is 0.100. The molecule has 6 heteroatoms. The molecule has 3 rings (SSSR count). The molecule has 0 aromatic heterocycles. The van der Waals surface area contributed by atoms with Crippen LogP contribution in [-0.2, 0) is 11.4 Å². The van der Waals surface area contributed by atoms with Gasteiger partial charge in [-0.25, -0.2) is 5.43 Å². The van der Waals surface area contributed by atoms with Gasteiger partial charge >= 0.3 is 0 Å². The lowest BCUT2D eigenvalue weighted by atomic mass is 10.2. The lowest BCUT2D eigenvalue weighted by molar-refractivity contribution is -0.123. The summed E-state index contributed by atoms with van der Waals surface area (Å²) in [6.07, 6.45) is 1.56. The molecule has 3 aromatic carbocycles. The van der Waals surface area contributed by atoms with Crippen LogP contribution in [0.25, 0.3) is 0 Å². The van der Waals surface area contributed by atoms with E-state index in [4.69, 9.17) is 9.47 Å². The fourth-order valence-electron chi connectivity index (χ4n) is 2.35. The molecule has 0 aliphatic carbocycles. The number of benzene rings is 3. The van der Waals surface area contributed by atoms with E-state index >= 15 is 0 Å². The van der Waals surface area contributed by atoms with Crippen LogP contribution in [0, 0.1) is 0 Å². The third-order valence-electron chi connectivity index (χ3n) is 3.67. The monoisotopic (exact) mass is 438 g/mol. The third-order valence-corrected chi connectivity index (χ3v) is 4.16. The normalized spacial score (nSPS) is 10.6. The quantitative estimate of drug-likeness (QED) is 0.414. The van der Waals surface area contributed by atoms with Gasteiger partial charge in [0, 0.05) is 4.47 Å². The van der Waals surface area contributed by atoms with Gasteiger partial charge in [0.25, 0.3) is 5.91 Å². The molecule has 0 saturated heterocycles. The maximum Gasteiger partial charge on any atom is 0.277 e. The van der Waals surface area contributed by atoms with Crippen LogP contribution in [-0.4, -0.2) is 18.7 Å². The van der Waals surface area contributed by atoms with Crippen molar-refractivity contribution in [3.05, 3.63) is 94.5 Å². The van der Waals surface area contributed by atoms with Crippen LogP contribution < -0.4 is 14.9 Å². The van der Waals surface area contributed by atoms with Crippen molar-refractivity contribution in [1.82, 2.24) is 5.43 Å². The van der Waals surface area contributed by atoms with E-state index in [2.05, 4.69) is 26.5 Å². The summed E-state index contributed by atoms with van der Waals surface area (Å²) in [6, 6.07) is 24.6. The van der Waals surface area contributed by atoms with Gasteiger partial charge in [0.15, 0.2) is 6.61 Å². The summed E-state index contributed by atoms with van der Waals surface area (Å²) in [6.45, 7) is 0.366. The number of hydrazone groups is 1. The molecule has 0 atom stereocenters. The molecule has 0 bridgehead atoms. The van der Waals surface area contributed by atoms with Crippen molar-refractivity contribution in [2.75, 3.05) is 6.61 Å². The molecule has 0 unspecified atom stereocenters. The second-order valence-electron chi connectivity index (χ2n) is 5.89. The van der Waals surface area contributed by atoms with E-state index in [-0.39, 0.29) is 12.5 Å². The topological polar surface area (TPSA) is 59.9 Å². The Kier molecular flexibility index (Phi) is 7.21. The Labute approximate surface area is 172 Å². The summed E-state index contributed by atoms with van der Waals surface area (Å²) in [5.41, 5.74) is 4.33. The van der Waals surface area contributed by atoms with Gasteiger partial charge in [0.05, 0.1) is 6.21 Å². The first-order valence-electron chi connectivity index (χ1n) is 8.66. The van der Waals surface area contributed by atoms with Gasteiger partial charge in [0.2, 0.25) is 0 Å². The first kappa shape index (κ1) is 19.6. The van der Waals surface area contributed by atoms with Gasteiger partial charge in [-0.1, -0.05) is 58.4 Å². The molecular weight excluding hydrogens is 420 g/mol. The average molecular weight is 439 g/mol. The van der Waals surface area contributed by atoms with E-state index in [9.17, 15) is 4.79 Å². The molecule has 0 heterocycles. The number of carbonyl (C=O) groups is 1. The number of amides is 1. The van der Waals surface area contributed by atoms with Crippen LogP contribution in [0.1, 0.15) is 11.1 Å². The number of rotatable bonds is 8. The summed E-state index contributed by atoms with van der Waals surface area (Å²) in [4.78, 5) is 11.8. The number of para-hydroxylation sites is 1. The molecule has 0 aliphatic heterocycles. The Morgan fingerprint density at radius 1 is 0.929 bits per heavy atom. The van der Waals surface area contributed by atoms with Crippen LogP contribution in [0.4, 0.5) is 0 Å². The van der Waals surface area contributed by atoms with Crippen LogP contribution in [0.15, 0.2) is 88.4 Å². The van der Waals surface area contributed by atoms with Crippen LogP contribution in [0.3, 0.4) is 0 Å². The van der Waals surface area contributed by atoms with Crippen molar-refractivity contribution in [1.29, 1.82) is 0 Å². The highest BCUT2D eigenvalue weighted by Crippen LogP contribution is 2.16. The number of nitrogens with one attached hydrogen (secondary N) is 1. The lowest BCUT2D eigenvalue weighted by Gasteiger charge is -2.07. The summed E-state index contributed by atoms with van der Waals surface area (Å²) in [7, 11) is 0. The Morgan fingerprint density at radius 3 is 2.54 bits per heavy atom. The average Bonchev–Trinajstić information content (AvgIpc) is 2.72. The first-order chi connectivity index (χ1) is 13.7. The van der Waals surface area contributed by atoms with Gasteiger partial charge in [-0.2, -0.15) is 5.10 Å². The predicted molar refractivity (Wildman–Crippen MR) is 113 cm³/mol. The molecule has 0 aliphatic rings. The lowest BCUT2D eigenvalue weighted by Crippen LogP contribution is -2.24. The molecule has 0 spiro atoms. The van der Waals surface area contributed by atoms with Crippen LogP contribution in [0.2, 0.25) is 0 Å². The molecule has 3 aromatic rings. The zero-order valence-electron chi connectivity index (χ0n) is 15.0. The minimum Gasteiger partial charge on any atom is -0.489 e. The van der Waals surface area contributed by atoms with Crippen molar-refractivity contribution >= 4 is 28.1 Å². The maximum atomic E-state index is 11.8. The molecule has 0 fully saturated rings. The highest BCUT2D eigenvalue weighted by atomic mass is 79.9. The third kappa shape index (κ3) is 6.55. The summed E-state index contributed by atoms with van der Waals surface area (Å²) in [5, 5.41) is 3.96. The van der Waals surface area contributed by atoms with Gasteiger partial charge in [0.1, 0.15) is 18.1 Å². The van der Waals surface area contributed by atoms with Crippen LogP contribution >= 0.6 is 15.9 Å². The smallest absolute Gasteiger partial charge is 0.277 e. The Balaban J connectivity index is 1.47. The van der Waals surface area contributed by atoms with Crippen molar-refractivity contribution in [2.45, 2.75) is 6.61 Å². The number of hydrogen-bond acceptors (Lipinski definition) is 4. The number of carbonyl (C=O) groups excluding carboxylic acids is 1. The van der Waals surface area contributed by atoms with E-state index in [0.717, 1.165) is 21.3 Å². The van der Waals surface area contributed by atoms with Gasteiger partial charge < -0.3 is 9.47 Å². The fourth-order valence-corrected chi connectivity index (χ4v) is 2.80. The summed E-state index contributed by atoms with van der Waals surface area (Å²) >= 11 is 3.45. The van der Waals surface area contributed by atoms with Crippen molar-refractivity contribution in [3.8, 4) is 11.5 Å².